The van der Waals surface area contributed by atoms with Gasteiger partial charge in [0, 0.05) is 28.6 Å². The minimum atomic E-state index is -0.592. The largest absolute Gasteiger partial charge is 0.494 e. The molecule has 1 saturated heterocycles. The van der Waals surface area contributed by atoms with Crippen LogP contribution in [0.4, 0.5) is 5.88 Å². The molecule has 1 aliphatic heterocycles. The second-order valence-corrected chi connectivity index (χ2v) is 7.77. The summed E-state index contributed by atoms with van der Waals surface area (Å²) >= 11 is 0. The van der Waals surface area contributed by atoms with Gasteiger partial charge in [-0.2, -0.15) is 0 Å². The molecule has 3 aromatic rings. The van der Waals surface area contributed by atoms with Crippen LogP contribution in [0.1, 0.15) is 35.2 Å². The van der Waals surface area contributed by atoms with Crippen molar-refractivity contribution < 1.29 is 24.0 Å². The SMILES string of the molecule is O=CN(CC#Cc1ccc(C(=O)NO)cc1)c1cc2cc(OCCC3CCCN3)ccc2o1. The molecule has 0 saturated carbocycles. The van der Waals surface area contributed by atoms with E-state index in [4.69, 9.17) is 14.4 Å². The molecule has 0 aliphatic carbocycles. The Labute approximate surface area is 191 Å². The Balaban J connectivity index is 1.38. The van der Waals surface area contributed by atoms with Gasteiger partial charge in [-0.05, 0) is 68.3 Å². The number of hydrogen-bond acceptors (Lipinski definition) is 6. The lowest BCUT2D eigenvalue weighted by Crippen LogP contribution is -2.23. The smallest absolute Gasteiger partial charge is 0.274 e. The van der Waals surface area contributed by atoms with Gasteiger partial charge in [0.15, 0.2) is 0 Å². The van der Waals surface area contributed by atoms with Crippen LogP contribution in [0, 0.1) is 11.8 Å². The summed E-state index contributed by atoms with van der Waals surface area (Å²) in [7, 11) is 0. The lowest BCUT2D eigenvalue weighted by Gasteiger charge is -2.11. The zero-order chi connectivity index (χ0) is 23.0. The van der Waals surface area contributed by atoms with E-state index in [1.807, 2.05) is 18.2 Å². The van der Waals surface area contributed by atoms with Crippen LogP contribution < -0.4 is 20.4 Å². The van der Waals surface area contributed by atoms with E-state index < -0.39 is 5.91 Å². The van der Waals surface area contributed by atoms with Crippen LogP contribution in [0.3, 0.4) is 0 Å². The van der Waals surface area contributed by atoms with Crippen LogP contribution in [-0.4, -0.2) is 43.3 Å². The minimum absolute atomic E-state index is 0.139. The first-order valence-electron chi connectivity index (χ1n) is 10.8. The Hall–Kier alpha value is -3.80. The van der Waals surface area contributed by atoms with Gasteiger partial charge in [-0.3, -0.25) is 19.7 Å². The topological polar surface area (TPSA) is 104 Å². The molecule has 0 bridgehead atoms. The number of furan rings is 1. The zero-order valence-electron chi connectivity index (χ0n) is 18.0. The first-order chi connectivity index (χ1) is 16.2. The second kappa shape index (κ2) is 10.7. The number of hydrogen-bond donors (Lipinski definition) is 3. The van der Waals surface area contributed by atoms with Gasteiger partial charge in [0.05, 0.1) is 13.2 Å². The van der Waals surface area contributed by atoms with Crippen LogP contribution in [-0.2, 0) is 4.79 Å². The van der Waals surface area contributed by atoms with E-state index in [1.165, 1.54) is 17.7 Å². The summed E-state index contributed by atoms with van der Waals surface area (Å²) in [4.78, 5) is 24.4. The van der Waals surface area contributed by atoms with Crippen molar-refractivity contribution in [3.05, 3.63) is 59.7 Å². The first kappa shape index (κ1) is 22.4. The summed E-state index contributed by atoms with van der Waals surface area (Å²) in [6.07, 6.45) is 4.07. The molecule has 8 nitrogen and oxygen atoms in total. The molecule has 2 aromatic carbocycles. The molecule has 1 atom stereocenters. The molecule has 8 heteroatoms. The van der Waals surface area contributed by atoms with Gasteiger partial charge in [-0.1, -0.05) is 11.8 Å². The fraction of sp³-hybridized carbons (Fsp3) is 0.280. The summed E-state index contributed by atoms with van der Waals surface area (Å²) in [5, 5.41) is 13.0. The number of amides is 2. The standard InChI is InChI=1S/C25H25N3O5/c29-17-28(13-2-3-18-5-7-19(8-6-18)25(30)27-31)24-16-20-15-22(9-10-23(20)33-24)32-14-11-21-4-1-12-26-21/h5-10,15-17,21,26,31H,1,4,11-14H2,(H,27,30). The lowest BCUT2D eigenvalue weighted by atomic mass is 10.1. The molecule has 2 heterocycles. The molecule has 0 radical (unpaired) electrons. The maximum Gasteiger partial charge on any atom is 0.274 e. The molecule has 1 aliphatic rings. The maximum absolute atomic E-state index is 11.6. The Morgan fingerprint density at radius 3 is 2.85 bits per heavy atom. The van der Waals surface area contributed by atoms with E-state index in [-0.39, 0.29) is 6.54 Å². The molecule has 2 amide bonds. The van der Waals surface area contributed by atoms with Crippen molar-refractivity contribution >= 4 is 29.2 Å². The van der Waals surface area contributed by atoms with Crippen LogP contribution in [0.15, 0.2) is 52.9 Å². The number of ether oxygens (including phenoxy) is 1. The van der Waals surface area contributed by atoms with E-state index in [1.54, 1.807) is 35.8 Å². The molecule has 1 unspecified atom stereocenters. The van der Waals surface area contributed by atoms with Gasteiger partial charge in [0.25, 0.3) is 5.91 Å². The van der Waals surface area contributed by atoms with Crippen LogP contribution in [0.5, 0.6) is 5.75 Å². The van der Waals surface area contributed by atoms with Crippen molar-refractivity contribution in [1.82, 2.24) is 10.8 Å². The number of hydroxylamine groups is 1. The summed E-state index contributed by atoms with van der Waals surface area (Å²) in [6, 6.07) is 14.4. The number of carbonyl (C=O) groups is 2. The molecular formula is C25H25N3O5. The van der Waals surface area contributed by atoms with Gasteiger partial charge >= 0.3 is 0 Å². The zero-order valence-corrected chi connectivity index (χ0v) is 18.0. The van der Waals surface area contributed by atoms with Crippen LogP contribution >= 0.6 is 0 Å². The molecule has 33 heavy (non-hydrogen) atoms. The Bertz CT molecular complexity index is 1170. The van der Waals surface area contributed by atoms with Gasteiger partial charge in [-0.25, -0.2) is 5.48 Å². The molecule has 1 aromatic heterocycles. The first-order valence-corrected chi connectivity index (χ1v) is 10.8. The predicted octanol–water partition coefficient (Wildman–Crippen LogP) is 3.09. The quantitative estimate of drug-likeness (QED) is 0.212. The lowest BCUT2D eigenvalue weighted by molar-refractivity contribution is -0.107. The van der Waals surface area contributed by atoms with Gasteiger partial charge in [-0.15, -0.1) is 0 Å². The summed E-state index contributed by atoms with van der Waals surface area (Å²) in [6.45, 7) is 1.87. The molecule has 1 fully saturated rings. The van der Waals surface area contributed by atoms with Crippen LogP contribution in [0.25, 0.3) is 11.0 Å². The number of anilines is 1. The third-order valence-electron chi connectivity index (χ3n) is 5.51. The van der Waals surface area contributed by atoms with E-state index in [0.29, 0.717) is 41.7 Å². The van der Waals surface area contributed by atoms with Gasteiger partial charge in [0.2, 0.25) is 12.3 Å². The normalized spacial score (nSPS) is 15.0. The van der Waals surface area contributed by atoms with Crippen molar-refractivity contribution in [1.29, 1.82) is 0 Å². The highest BCUT2D eigenvalue weighted by molar-refractivity contribution is 5.93. The van der Waals surface area contributed by atoms with Gasteiger partial charge in [0.1, 0.15) is 11.3 Å². The fourth-order valence-corrected chi connectivity index (χ4v) is 3.72. The minimum Gasteiger partial charge on any atom is -0.494 e. The summed E-state index contributed by atoms with van der Waals surface area (Å²) in [5.74, 6) is 6.44. The third kappa shape index (κ3) is 5.71. The van der Waals surface area contributed by atoms with Crippen molar-refractivity contribution in [3.8, 4) is 17.6 Å². The highest BCUT2D eigenvalue weighted by Gasteiger charge is 2.14. The maximum atomic E-state index is 11.6. The van der Waals surface area contributed by atoms with E-state index >= 15 is 0 Å². The summed E-state index contributed by atoms with van der Waals surface area (Å²) < 4.78 is 11.7. The average Bonchev–Trinajstić information content (AvgIpc) is 3.51. The predicted molar refractivity (Wildman–Crippen MR) is 123 cm³/mol. The van der Waals surface area contributed by atoms with Crippen molar-refractivity contribution in [3.63, 3.8) is 0 Å². The van der Waals surface area contributed by atoms with E-state index in [2.05, 4.69) is 17.2 Å². The molecule has 0 spiro atoms. The van der Waals surface area contributed by atoms with Crippen LogP contribution in [0.2, 0.25) is 0 Å². The number of nitrogens with zero attached hydrogens (tertiary/aromatic N) is 1. The number of benzene rings is 2. The van der Waals surface area contributed by atoms with Crippen molar-refractivity contribution in [2.45, 2.75) is 25.3 Å². The third-order valence-corrected chi connectivity index (χ3v) is 5.51. The highest BCUT2D eigenvalue weighted by atomic mass is 16.5. The Morgan fingerprint density at radius 1 is 1.27 bits per heavy atom. The van der Waals surface area contributed by atoms with E-state index in [9.17, 15) is 9.59 Å². The average molecular weight is 447 g/mol. The molecular weight excluding hydrogens is 422 g/mol. The Kier molecular flexibility index (Phi) is 7.25. The Morgan fingerprint density at radius 2 is 2.12 bits per heavy atom. The molecule has 3 N–H and O–H groups in total. The van der Waals surface area contributed by atoms with E-state index in [0.717, 1.165) is 24.1 Å². The van der Waals surface area contributed by atoms with Crippen molar-refractivity contribution in [2.24, 2.45) is 0 Å². The monoisotopic (exact) mass is 447 g/mol. The van der Waals surface area contributed by atoms with Gasteiger partial charge < -0.3 is 14.5 Å². The highest BCUT2D eigenvalue weighted by Crippen LogP contribution is 2.28. The summed E-state index contributed by atoms with van der Waals surface area (Å²) in [5.41, 5.74) is 3.23. The van der Waals surface area contributed by atoms with Crippen molar-refractivity contribution in [2.75, 3.05) is 24.6 Å². The molecule has 4 rings (SSSR count). The number of nitrogens with one attached hydrogen (secondary N) is 2. The second-order valence-electron chi connectivity index (χ2n) is 7.77. The number of carbonyl (C=O) groups excluding carboxylic acids is 2. The number of rotatable bonds is 8. The molecule has 170 valence electrons. The number of fused-ring (bicyclic) bond motifs is 1. The fourth-order valence-electron chi connectivity index (χ4n) is 3.72.